The Morgan fingerprint density at radius 1 is 0.829 bits per heavy atom. The predicted molar refractivity (Wildman–Crippen MR) is 135 cm³/mol. The monoisotopic (exact) mass is 486 g/mol. The van der Waals surface area contributed by atoms with Crippen LogP contribution in [0.25, 0.3) is 11.3 Å². The Labute approximate surface area is 205 Å². The Bertz CT molecular complexity index is 1370. The summed E-state index contributed by atoms with van der Waals surface area (Å²) in [7, 11) is -3.25. The molecule has 35 heavy (non-hydrogen) atoms. The number of aromatic nitrogens is 1. The van der Waals surface area contributed by atoms with Gasteiger partial charge < -0.3 is 9.47 Å². The van der Waals surface area contributed by atoms with Gasteiger partial charge in [0.25, 0.3) is 0 Å². The fraction of sp³-hybridized carbons (Fsp3) is 0.179. The number of nitrogens with zero attached hydrogens (tertiary/aromatic N) is 2. The first-order chi connectivity index (χ1) is 16.9. The van der Waals surface area contributed by atoms with Crippen LogP contribution in [0, 0.1) is 0 Å². The summed E-state index contributed by atoms with van der Waals surface area (Å²) >= 11 is 0. The molecule has 0 atom stereocenters. The molecule has 0 radical (unpaired) electrons. The maximum Gasteiger partial charge on any atom is 0.177 e. The number of para-hydroxylation sites is 1. The first-order valence-corrected chi connectivity index (χ1v) is 13.3. The molecule has 0 bridgehead atoms. The van der Waals surface area contributed by atoms with Crippen LogP contribution in [-0.2, 0) is 16.4 Å². The highest BCUT2D eigenvalue weighted by atomic mass is 32.2. The Kier molecular flexibility index (Phi) is 6.53. The van der Waals surface area contributed by atoms with E-state index < -0.39 is 9.84 Å². The highest BCUT2D eigenvalue weighted by molar-refractivity contribution is 7.90. The van der Waals surface area contributed by atoms with Gasteiger partial charge in [-0.25, -0.2) is 8.42 Å². The van der Waals surface area contributed by atoms with Gasteiger partial charge in [0, 0.05) is 37.7 Å². The summed E-state index contributed by atoms with van der Waals surface area (Å²) in [6.45, 7) is 2.62. The molecule has 178 valence electrons. The molecule has 0 saturated carbocycles. The van der Waals surface area contributed by atoms with E-state index in [0.29, 0.717) is 0 Å². The topological polar surface area (TPSA) is 68.7 Å². The average Bonchev–Trinajstić information content (AvgIpc) is 2.84. The maximum atomic E-state index is 11.6. The van der Waals surface area contributed by atoms with E-state index in [-0.39, 0.29) is 11.0 Å². The summed E-state index contributed by atoms with van der Waals surface area (Å²) in [5.74, 6) is 2.47. The van der Waals surface area contributed by atoms with Gasteiger partial charge >= 0.3 is 0 Å². The smallest absolute Gasteiger partial charge is 0.177 e. The van der Waals surface area contributed by atoms with E-state index in [1.807, 2.05) is 66.7 Å². The van der Waals surface area contributed by atoms with Crippen LogP contribution < -0.4 is 9.47 Å². The standard InChI is InChI=1S/C28H26N2O4S/c1-35(31,32)27-15-16-28(29-17-27)22-9-13-25(14-10-22)34-26-19-30(20-26)18-21-7-11-24(12-8-21)33-23-5-3-2-4-6-23/h2-17,26H,18-20H2,1H3. The zero-order chi connectivity index (χ0) is 24.3. The number of hydrogen-bond donors (Lipinski definition) is 0. The molecule has 1 aromatic heterocycles. The molecule has 7 heteroatoms. The van der Waals surface area contributed by atoms with Crippen LogP contribution in [-0.4, -0.2) is 43.8 Å². The minimum atomic E-state index is -3.25. The molecule has 0 N–H and O–H groups in total. The lowest BCUT2D eigenvalue weighted by molar-refractivity contribution is 0.0146. The Morgan fingerprint density at radius 2 is 1.49 bits per heavy atom. The lowest BCUT2D eigenvalue weighted by Crippen LogP contribution is -2.53. The second kappa shape index (κ2) is 9.90. The van der Waals surface area contributed by atoms with Gasteiger partial charge in [-0.15, -0.1) is 0 Å². The molecular weight excluding hydrogens is 460 g/mol. The average molecular weight is 487 g/mol. The number of likely N-dealkylation sites (tertiary alicyclic amines) is 1. The van der Waals surface area contributed by atoms with E-state index in [2.05, 4.69) is 22.0 Å². The van der Waals surface area contributed by atoms with Crippen molar-refractivity contribution < 1.29 is 17.9 Å². The zero-order valence-corrected chi connectivity index (χ0v) is 20.2. The lowest BCUT2D eigenvalue weighted by atomic mass is 10.1. The number of rotatable bonds is 8. The summed E-state index contributed by atoms with van der Waals surface area (Å²) in [4.78, 5) is 6.84. The van der Waals surface area contributed by atoms with Gasteiger partial charge in [-0.1, -0.05) is 30.3 Å². The summed E-state index contributed by atoms with van der Waals surface area (Å²) < 4.78 is 35.1. The van der Waals surface area contributed by atoms with Gasteiger partial charge in [-0.2, -0.15) is 0 Å². The number of ether oxygens (including phenoxy) is 2. The van der Waals surface area contributed by atoms with Crippen molar-refractivity contribution in [2.45, 2.75) is 17.5 Å². The minimum absolute atomic E-state index is 0.161. The molecule has 1 fully saturated rings. The van der Waals surface area contributed by atoms with Gasteiger partial charge in [0.1, 0.15) is 23.4 Å². The number of benzene rings is 3. The van der Waals surface area contributed by atoms with Crippen LogP contribution in [0.2, 0.25) is 0 Å². The van der Waals surface area contributed by atoms with Crippen LogP contribution in [0.15, 0.2) is 102 Å². The first kappa shape index (κ1) is 23.1. The fourth-order valence-electron chi connectivity index (χ4n) is 3.94. The van der Waals surface area contributed by atoms with Gasteiger partial charge in [0.2, 0.25) is 0 Å². The molecule has 0 spiro atoms. The van der Waals surface area contributed by atoms with Crippen molar-refractivity contribution in [2.24, 2.45) is 0 Å². The third-order valence-electron chi connectivity index (χ3n) is 5.85. The SMILES string of the molecule is CS(=O)(=O)c1ccc(-c2ccc(OC3CN(Cc4ccc(Oc5ccccc5)cc4)C3)cc2)nc1. The van der Waals surface area contributed by atoms with Gasteiger partial charge in [-0.05, 0) is 66.2 Å². The van der Waals surface area contributed by atoms with Gasteiger partial charge in [-0.3, -0.25) is 9.88 Å². The summed E-state index contributed by atoms with van der Waals surface area (Å²) in [5.41, 5.74) is 2.87. The lowest BCUT2D eigenvalue weighted by Gasteiger charge is -2.39. The Hall–Kier alpha value is -3.68. The fourth-order valence-corrected chi connectivity index (χ4v) is 4.50. The van der Waals surface area contributed by atoms with Crippen molar-refractivity contribution in [3.8, 4) is 28.5 Å². The van der Waals surface area contributed by atoms with Crippen molar-refractivity contribution in [3.05, 3.63) is 103 Å². The van der Waals surface area contributed by atoms with Crippen LogP contribution >= 0.6 is 0 Å². The molecule has 4 aromatic rings. The summed E-state index contributed by atoms with van der Waals surface area (Å²) in [6.07, 6.45) is 2.73. The normalized spacial score (nSPS) is 14.3. The number of sulfone groups is 1. The highest BCUT2D eigenvalue weighted by Crippen LogP contribution is 2.26. The minimum Gasteiger partial charge on any atom is -0.488 e. The van der Waals surface area contributed by atoms with Crippen molar-refractivity contribution in [3.63, 3.8) is 0 Å². The van der Waals surface area contributed by atoms with Crippen molar-refractivity contribution in [2.75, 3.05) is 19.3 Å². The van der Waals surface area contributed by atoms with Crippen LogP contribution in [0.3, 0.4) is 0 Å². The Balaban J connectivity index is 1.09. The van der Waals surface area contributed by atoms with Gasteiger partial charge in [0.05, 0.1) is 10.6 Å². The largest absolute Gasteiger partial charge is 0.488 e. The third-order valence-corrected chi connectivity index (χ3v) is 6.95. The van der Waals surface area contributed by atoms with Gasteiger partial charge in [0.15, 0.2) is 9.84 Å². The molecule has 3 aromatic carbocycles. The summed E-state index contributed by atoms with van der Waals surface area (Å²) in [6, 6.07) is 29.0. The quantitative estimate of drug-likeness (QED) is 0.341. The van der Waals surface area contributed by atoms with Crippen molar-refractivity contribution in [1.82, 2.24) is 9.88 Å². The molecule has 0 amide bonds. The highest BCUT2D eigenvalue weighted by Gasteiger charge is 2.28. The second-order valence-corrected chi connectivity index (χ2v) is 10.7. The summed E-state index contributed by atoms with van der Waals surface area (Å²) in [5, 5.41) is 0. The molecule has 6 nitrogen and oxygen atoms in total. The van der Waals surface area contributed by atoms with E-state index in [1.54, 1.807) is 12.1 Å². The van der Waals surface area contributed by atoms with E-state index in [1.165, 1.54) is 18.0 Å². The van der Waals surface area contributed by atoms with E-state index >= 15 is 0 Å². The maximum absolute atomic E-state index is 11.6. The molecule has 5 rings (SSSR count). The zero-order valence-electron chi connectivity index (χ0n) is 19.4. The molecule has 1 saturated heterocycles. The molecule has 1 aliphatic heterocycles. The van der Waals surface area contributed by atoms with E-state index in [0.717, 1.165) is 48.1 Å². The third kappa shape index (κ3) is 5.88. The van der Waals surface area contributed by atoms with Crippen LogP contribution in [0.5, 0.6) is 17.2 Å². The number of pyridine rings is 1. The number of hydrogen-bond acceptors (Lipinski definition) is 6. The van der Waals surface area contributed by atoms with Crippen LogP contribution in [0.4, 0.5) is 0 Å². The van der Waals surface area contributed by atoms with Crippen molar-refractivity contribution in [1.29, 1.82) is 0 Å². The van der Waals surface area contributed by atoms with E-state index in [4.69, 9.17) is 9.47 Å². The van der Waals surface area contributed by atoms with Crippen LogP contribution in [0.1, 0.15) is 5.56 Å². The first-order valence-electron chi connectivity index (χ1n) is 11.4. The molecule has 2 heterocycles. The predicted octanol–water partition coefficient (Wildman–Crippen LogP) is 5.21. The molecule has 0 aliphatic carbocycles. The second-order valence-electron chi connectivity index (χ2n) is 8.67. The molecule has 1 aliphatic rings. The molecular formula is C28H26N2O4S. The Morgan fingerprint density at radius 3 is 2.11 bits per heavy atom. The van der Waals surface area contributed by atoms with Crippen molar-refractivity contribution >= 4 is 9.84 Å². The molecule has 0 unspecified atom stereocenters. The van der Waals surface area contributed by atoms with E-state index in [9.17, 15) is 8.42 Å².